The van der Waals surface area contributed by atoms with Gasteiger partial charge in [-0.3, -0.25) is 4.90 Å². The van der Waals surface area contributed by atoms with Gasteiger partial charge >= 0.3 is 6.09 Å². The van der Waals surface area contributed by atoms with Crippen molar-refractivity contribution in [1.82, 2.24) is 9.97 Å². The number of nitrogens with two attached hydrogens (primary N) is 1. The summed E-state index contributed by atoms with van der Waals surface area (Å²) in [6.07, 6.45) is 2.92. The van der Waals surface area contributed by atoms with Gasteiger partial charge in [0.1, 0.15) is 11.5 Å². The number of fused-ring (bicyclic) bond motifs is 2. The van der Waals surface area contributed by atoms with Gasteiger partial charge in [-0.05, 0) is 57.2 Å². The van der Waals surface area contributed by atoms with Crippen molar-refractivity contribution in [3.05, 3.63) is 48.8 Å². The molecule has 0 saturated heterocycles. The van der Waals surface area contributed by atoms with Gasteiger partial charge in [0.2, 0.25) is 0 Å². The van der Waals surface area contributed by atoms with Crippen LogP contribution in [-0.4, -0.2) is 26.7 Å². The van der Waals surface area contributed by atoms with Crippen LogP contribution in [0.4, 0.5) is 16.2 Å². The molecule has 4 aromatic rings. The van der Waals surface area contributed by atoms with Gasteiger partial charge < -0.3 is 25.5 Å². The van der Waals surface area contributed by atoms with E-state index in [0.29, 0.717) is 17.1 Å². The summed E-state index contributed by atoms with van der Waals surface area (Å²) in [6, 6.07) is 10.3. The number of phenols is 1. The number of nitrogens with zero attached hydrogens (tertiary/aromatic N) is 1. The molecule has 2 heterocycles. The van der Waals surface area contributed by atoms with E-state index >= 15 is 0 Å². The fourth-order valence-electron chi connectivity index (χ4n) is 3.34. The Morgan fingerprint density at radius 3 is 2.46 bits per heavy atom. The summed E-state index contributed by atoms with van der Waals surface area (Å²) in [4.78, 5) is 20.9. The summed E-state index contributed by atoms with van der Waals surface area (Å²) in [6.45, 7) is 5.76. The van der Waals surface area contributed by atoms with Crippen molar-refractivity contribution >= 4 is 39.3 Å². The first kappa shape index (κ1) is 17.8. The Kier molecular flexibility index (Phi) is 3.96. The Labute approximate surface area is 161 Å². The number of carbonyl (C=O) groups is 1. The van der Waals surface area contributed by atoms with Crippen LogP contribution in [0.5, 0.6) is 11.5 Å². The number of aromatic nitrogens is 2. The number of amides is 1. The van der Waals surface area contributed by atoms with Gasteiger partial charge in [-0.25, -0.2) is 4.79 Å². The van der Waals surface area contributed by atoms with Crippen LogP contribution >= 0.6 is 0 Å². The molecule has 0 aliphatic carbocycles. The molecular weight excluding hydrogens is 356 g/mol. The molecule has 0 aliphatic rings. The van der Waals surface area contributed by atoms with E-state index in [2.05, 4.69) is 9.97 Å². The average Bonchev–Trinajstić information content (AvgIpc) is 3.18. The largest absolute Gasteiger partial charge is 0.508 e. The number of anilines is 2. The number of hydrogen-bond acceptors (Lipinski definition) is 4. The van der Waals surface area contributed by atoms with Gasteiger partial charge in [0.25, 0.3) is 0 Å². The van der Waals surface area contributed by atoms with Crippen molar-refractivity contribution in [2.45, 2.75) is 26.3 Å². The van der Waals surface area contributed by atoms with Crippen molar-refractivity contribution in [1.29, 1.82) is 0 Å². The van der Waals surface area contributed by atoms with Gasteiger partial charge in [-0.2, -0.15) is 0 Å². The first-order chi connectivity index (χ1) is 13.2. The van der Waals surface area contributed by atoms with Crippen molar-refractivity contribution in [3.63, 3.8) is 0 Å². The topological polar surface area (TPSA) is 107 Å². The molecule has 0 aliphatic heterocycles. The summed E-state index contributed by atoms with van der Waals surface area (Å²) < 4.78 is 5.68. The van der Waals surface area contributed by atoms with Crippen LogP contribution < -0.4 is 15.4 Å². The van der Waals surface area contributed by atoms with Crippen molar-refractivity contribution in [2.24, 2.45) is 0 Å². The number of nitrogen functional groups attached to an aromatic ring is 1. The van der Waals surface area contributed by atoms with E-state index in [-0.39, 0.29) is 5.75 Å². The van der Waals surface area contributed by atoms with Crippen molar-refractivity contribution in [2.75, 3.05) is 10.6 Å². The maximum absolute atomic E-state index is 13.1. The van der Waals surface area contributed by atoms with E-state index in [9.17, 15) is 9.90 Å². The normalized spacial score (nSPS) is 11.8. The zero-order valence-corrected chi connectivity index (χ0v) is 15.9. The van der Waals surface area contributed by atoms with E-state index in [1.54, 1.807) is 47.6 Å². The molecule has 0 bridgehead atoms. The molecule has 0 spiro atoms. The minimum atomic E-state index is -0.561. The first-order valence-corrected chi connectivity index (χ1v) is 8.93. The maximum atomic E-state index is 13.1. The molecule has 4 rings (SSSR count). The molecule has 28 heavy (non-hydrogen) atoms. The zero-order valence-electron chi connectivity index (χ0n) is 15.9. The fourth-order valence-corrected chi connectivity index (χ4v) is 3.34. The second-order valence-electron chi connectivity index (χ2n) is 7.73. The second kappa shape index (κ2) is 6.23. The summed E-state index contributed by atoms with van der Waals surface area (Å²) in [5.41, 5.74) is 8.30. The van der Waals surface area contributed by atoms with Gasteiger partial charge in [0.05, 0.1) is 11.4 Å². The Morgan fingerprint density at radius 1 is 1.04 bits per heavy atom. The third-order valence-electron chi connectivity index (χ3n) is 4.63. The van der Waals surface area contributed by atoms with Gasteiger partial charge in [0.15, 0.2) is 0 Å². The van der Waals surface area contributed by atoms with Crippen molar-refractivity contribution < 1.29 is 14.6 Å². The zero-order chi connectivity index (χ0) is 20.1. The lowest BCUT2D eigenvalue weighted by molar-refractivity contribution is 0.201. The molecule has 2 aromatic carbocycles. The monoisotopic (exact) mass is 378 g/mol. The highest BCUT2D eigenvalue weighted by Gasteiger charge is 2.32. The Hall–Kier alpha value is -3.61. The Morgan fingerprint density at radius 2 is 1.71 bits per heavy atom. The number of phenolic OH excluding ortho intramolecular Hbond substituents is 1. The second-order valence-corrected chi connectivity index (χ2v) is 7.73. The SMILES string of the molecule is CC(C)(C)N(C(=O)Oc1ccc2[nH]cc(N)c2c1)c1c[nH]c2ccc(O)cc12. The maximum Gasteiger partial charge on any atom is 0.420 e. The number of nitrogens with one attached hydrogen (secondary N) is 2. The van der Waals surface area contributed by atoms with Gasteiger partial charge in [0, 0.05) is 39.7 Å². The Balaban J connectivity index is 1.73. The van der Waals surface area contributed by atoms with E-state index < -0.39 is 11.6 Å². The summed E-state index contributed by atoms with van der Waals surface area (Å²) in [5.74, 6) is 0.532. The predicted octanol–water partition coefficient (Wildman–Crippen LogP) is 4.74. The number of rotatable bonds is 2. The number of H-pyrrole nitrogens is 2. The van der Waals surface area contributed by atoms with E-state index in [4.69, 9.17) is 10.5 Å². The quantitative estimate of drug-likeness (QED) is 0.404. The molecule has 0 radical (unpaired) electrons. The van der Waals surface area contributed by atoms with E-state index in [1.165, 1.54) is 0 Å². The highest BCUT2D eigenvalue weighted by atomic mass is 16.6. The molecular formula is C21H22N4O3. The average molecular weight is 378 g/mol. The fraction of sp³-hybridized carbons (Fsp3) is 0.190. The van der Waals surface area contributed by atoms with Crippen molar-refractivity contribution in [3.8, 4) is 11.5 Å². The van der Waals surface area contributed by atoms with Crippen LogP contribution in [-0.2, 0) is 0 Å². The standard InChI is InChI=1S/C21H22N4O3/c1-21(2,3)25(19-11-24-18-6-4-12(26)8-15(18)19)20(27)28-13-5-7-17-14(9-13)16(22)10-23-17/h4-11,23-24,26H,22H2,1-3H3. The minimum absolute atomic E-state index is 0.129. The molecule has 0 fully saturated rings. The number of hydrogen-bond donors (Lipinski definition) is 4. The molecule has 7 heteroatoms. The summed E-state index contributed by atoms with van der Waals surface area (Å²) in [5, 5.41) is 11.4. The van der Waals surface area contributed by atoms with E-state index in [0.717, 1.165) is 21.8 Å². The van der Waals surface area contributed by atoms with Crippen LogP contribution in [0.1, 0.15) is 20.8 Å². The summed E-state index contributed by atoms with van der Waals surface area (Å²) >= 11 is 0. The third-order valence-corrected chi connectivity index (χ3v) is 4.63. The van der Waals surface area contributed by atoms with Gasteiger partial charge in [-0.1, -0.05) is 0 Å². The first-order valence-electron chi connectivity index (χ1n) is 8.93. The van der Waals surface area contributed by atoms with Crippen LogP contribution in [0.25, 0.3) is 21.8 Å². The Bertz CT molecular complexity index is 1180. The summed E-state index contributed by atoms with van der Waals surface area (Å²) in [7, 11) is 0. The number of carbonyl (C=O) groups excluding carboxylic acids is 1. The number of ether oxygens (including phenoxy) is 1. The molecule has 2 aromatic heterocycles. The van der Waals surface area contributed by atoms with Gasteiger partial charge in [-0.15, -0.1) is 0 Å². The minimum Gasteiger partial charge on any atom is -0.508 e. The number of aromatic hydroxyl groups is 1. The highest BCUT2D eigenvalue weighted by molar-refractivity contribution is 6.03. The van der Waals surface area contributed by atoms with E-state index in [1.807, 2.05) is 26.8 Å². The molecule has 144 valence electrons. The molecule has 1 amide bonds. The molecule has 0 saturated carbocycles. The van der Waals surface area contributed by atoms with Crippen LogP contribution in [0.2, 0.25) is 0 Å². The lowest BCUT2D eigenvalue weighted by Crippen LogP contribution is -2.47. The lowest BCUT2D eigenvalue weighted by atomic mass is 10.1. The molecule has 0 unspecified atom stereocenters. The smallest absolute Gasteiger partial charge is 0.420 e. The molecule has 0 atom stereocenters. The predicted molar refractivity (Wildman–Crippen MR) is 111 cm³/mol. The van der Waals surface area contributed by atoms with Crippen LogP contribution in [0, 0.1) is 0 Å². The third kappa shape index (κ3) is 3.00. The van der Waals surface area contributed by atoms with Crippen LogP contribution in [0.3, 0.4) is 0 Å². The number of benzene rings is 2. The highest BCUT2D eigenvalue weighted by Crippen LogP contribution is 2.34. The van der Waals surface area contributed by atoms with Crippen LogP contribution in [0.15, 0.2) is 48.8 Å². The lowest BCUT2D eigenvalue weighted by Gasteiger charge is -2.34. The molecule has 5 N–H and O–H groups in total. The number of aromatic amines is 2. The molecule has 7 nitrogen and oxygen atoms in total.